The molecule has 2 aromatic rings. The molecule has 1 amide bonds. The fourth-order valence-electron chi connectivity index (χ4n) is 1.83. The topological polar surface area (TPSA) is 64.6 Å². The fourth-order valence-corrected chi connectivity index (χ4v) is 2.61. The minimum Gasteiger partial charge on any atom is -0.495 e. The molecule has 1 heterocycles. The van der Waals surface area contributed by atoms with E-state index in [1.165, 1.54) is 25.4 Å². The minimum absolute atomic E-state index is 0.426. The number of methoxy groups -OCH3 is 1. The van der Waals surface area contributed by atoms with Gasteiger partial charge in [0.15, 0.2) is 6.10 Å². The molecule has 5 nitrogen and oxygen atoms in total. The van der Waals surface area contributed by atoms with Crippen molar-refractivity contribution in [3.8, 4) is 5.75 Å². The average Bonchev–Trinajstić information content (AvgIpc) is 3.04. The van der Waals surface area contributed by atoms with Gasteiger partial charge in [-0.05, 0) is 36.9 Å². The van der Waals surface area contributed by atoms with Gasteiger partial charge in [0.25, 0.3) is 5.91 Å². The van der Waals surface area contributed by atoms with Gasteiger partial charge in [-0.25, -0.2) is 4.79 Å². The van der Waals surface area contributed by atoms with E-state index in [9.17, 15) is 9.59 Å². The number of anilines is 1. The Hall–Kier alpha value is -2.05. The van der Waals surface area contributed by atoms with E-state index in [0.29, 0.717) is 22.0 Å². The number of carbonyl (C=O) groups excluding carboxylic acids is 2. The number of benzene rings is 1. The summed E-state index contributed by atoms with van der Waals surface area (Å²) in [6, 6.07) is 4.96. The summed E-state index contributed by atoms with van der Waals surface area (Å²) in [5.41, 5.74) is 1.69. The molecule has 2 rings (SSSR count). The highest BCUT2D eigenvalue weighted by Crippen LogP contribution is 2.31. The van der Waals surface area contributed by atoms with Crippen LogP contribution >= 0.6 is 22.9 Å². The van der Waals surface area contributed by atoms with Crippen molar-refractivity contribution >= 4 is 40.5 Å². The summed E-state index contributed by atoms with van der Waals surface area (Å²) in [5, 5.41) is 6.65. The third kappa shape index (κ3) is 4.24. The second-order valence-corrected chi connectivity index (χ2v) is 6.04. The lowest BCUT2D eigenvalue weighted by molar-refractivity contribution is -0.123. The number of nitrogens with one attached hydrogen (secondary N) is 1. The van der Waals surface area contributed by atoms with Crippen LogP contribution in [0.3, 0.4) is 0 Å². The Kier molecular flexibility index (Phi) is 5.63. The zero-order valence-corrected chi connectivity index (χ0v) is 14.5. The molecule has 1 aromatic carbocycles. The predicted octanol–water partition coefficient (Wildman–Crippen LogP) is 3.90. The Balaban J connectivity index is 2.06. The Bertz CT molecular complexity index is 715. The van der Waals surface area contributed by atoms with Gasteiger partial charge >= 0.3 is 5.97 Å². The SMILES string of the molecule is COc1cc(Cl)c(C)cc1NC(=O)[C@H](C)OC(=O)c1ccsc1. The van der Waals surface area contributed by atoms with Crippen LogP contribution in [0.15, 0.2) is 29.0 Å². The average molecular weight is 354 g/mol. The highest BCUT2D eigenvalue weighted by molar-refractivity contribution is 7.08. The van der Waals surface area contributed by atoms with Crippen LogP contribution in [0.25, 0.3) is 0 Å². The number of esters is 1. The maximum atomic E-state index is 12.2. The molecule has 1 atom stereocenters. The van der Waals surface area contributed by atoms with Crippen LogP contribution in [-0.4, -0.2) is 25.1 Å². The number of halogens is 1. The lowest BCUT2D eigenvalue weighted by atomic mass is 10.2. The number of aryl methyl sites for hydroxylation is 1. The maximum absolute atomic E-state index is 12.2. The first-order valence-electron chi connectivity index (χ1n) is 6.80. The number of hydrogen-bond donors (Lipinski definition) is 1. The van der Waals surface area contributed by atoms with Crippen molar-refractivity contribution in [1.29, 1.82) is 0 Å². The highest BCUT2D eigenvalue weighted by atomic mass is 35.5. The molecule has 1 N–H and O–H groups in total. The van der Waals surface area contributed by atoms with Crippen molar-refractivity contribution in [3.63, 3.8) is 0 Å². The van der Waals surface area contributed by atoms with Crippen LogP contribution in [0.2, 0.25) is 5.02 Å². The standard InChI is InChI=1S/C16H16ClNO4S/c1-9-6-13(14(21-3)7-12(9)17)18-15(19)10(2)22-16(20)11-4-5-23-8-11/h4-8,10H,1-3H3,(H,18,19)/t10-/m0/s1. The monoisotopic (exact) mass is 353 g/mol. The number of carbonyl (C=O) groups is 2. The molecular formula is C16H16ClNO4S. The molecule has 0 unspecified atom stereocenters. The van der Waals surface area contributed by atoms with Gasteiger partial charge in [0.05, 0.1) is 18.4 Å². The summed E-state index contributed by atoms with van der Waals surface area (Å²) >= 11 is 7.41. The smallest absolute Gasteiger partial charge is 0.339 e. The third-order valence-corrected chi connectivity index (χ3v) is 4.24. The van der Waals surface area contributed by atoms with E-state index in [1.54, 1.807) is 29.0 Å². The third-order valence-electron chi connectivity index (χ3n) is 3.15. The summed E-state index contributed by atoms with van der Waals surface area (Å²) in [6.07, 6.45) is -0.942. The van der Waals surface area contributed by atoms with Gasteiger partial charge in [0.2, 0.25) is 0 Å². The van der Waals surface area contributed by atoms with Gasteiger partial charge < -0.3 is 14.8 Å². The van der Waals surface area contributed by atoms with Crippen LogP contribution in [-0.2, 0) is 9.53 Å². The second-order valence-electron chi connectivity index (χ2n) is 4.85. The van der Waals surface area contributed by atoms with Crippen LogP contribution < -0.4 is 10.1 Å². The van der Waals surface area contributed by atoms with Crippen molar-refractivity contribution in [1.82, 2.24) is 0 Å². The number of thiophene rings is 1. The van der Waals surface area contributed by atoms with E-state index in [1.807, 2.05) is 6.92 Å². The molecule has 0 saturated heterocycles. The van der Waals surface area contributed by atoms with E-state index in [2.05, 4.69) is 5.32 Å². The van der Waals surface area contributed by atoms with Crippen LogP contribution in [0.1, 0.15) is 22.8 Å². The normalized spacial score (nSPS) is 11.7. The van der Waals surface area contributed by atoms with E-state index in [-0.39, 0.29) is 0 Å². The minimum atomic E-state index is -0.942. The van der Waals surface area contributed by atoms with Gasteiger partial charge in [0, 0.05) is 16.5 Å². The first kappa shape index (κ1) is 17.3. The van der Waals surface area contributed by atoms with E-state index >= 15 is 0 Å². The van der Waals surface area contributed by atoms with E-state index < -0.39 is 18.0 Å². The number of rotatable bonds is 5. The zero-order valence-electron chi connectivity index (χ0n) is 12.9. The summed E-state index contributed by atoms with van der Waals surface area (Å²) < 4.78 is 10.3. The summed E-state index contributed by atoms with van der Waals surface area (Å²) in [6.45, 7) is 3.33. The molecule has 0 bridgehead atoms. The summed E-state index contributed by atoms with van der Waals surface area (Å²) in [7, 11) is 1.48. The van der Waals surface area contributed by atoms with Gasteiger partial charge in [-0.2, -0.15) is 11.3 Å². The molecule has 0 radical (unpaired) electrons. The first-order chi connectivity index (χ1) is 10.9. The molecule has 0 fully saturated rings. The van der Waals surface area contributed by atoms with Crippen molar-refractivity contribution in [3.05, 3.63) is 45.1 Å². The van der Waals surface area contributed by atoms with Crippen LogP contribution in [0, 0.1) is 6.92 Å². The summed E-state index contributed by atoms with van der Waals surface area (Å²) in [5.74, 6) is -0.549. The predicted molar refractivity (Wildman–Crippen MR) is 90.6 cm³/mol. The Labute approximate surface area is 143 Å². The molecule has 23 heavy (non-hydrogen) atoms. The van der Waals surface area contributed by atoms with Crippen LogP contribution in [0.5, 0.6) is 5.75 Å². The van der Waals surface area contributed by atoms with Crippen molar-refractivity contribution in [2.45, 2.75) is 20.0 Å². The number of ether oxygens (including phenoxy) is 2. The van der Waals surface area contributed by atoms with Crippen molar-refractivity contribution in [2.75, 3.05) is 12.4 Å². The molecular weight excluding hydrogens is 338 g/mol. The molecule has 0 aliphatic carbocycles. The molecule has 0 saturated carbocycles. The zero-order chi connectivity index (χ0) is 17.0. The van der Waals surface area contributed by atoms with Crippen molar-refractivity contribution < 1.29 is 19.1 Å². The molecule has 0 aliphatic heterocycles. The second kappa shape index (κ2) is 7.48. The Morgan fingerprint density at radius 2 is 2.09 bits per heavy atom. The molecule has 0 spiro atoms. The quantitative estimate of drug-likeness (QED) is 0.828. The highest BCUT2D eigenvalue weighted by Gasteiger charge is 2.20. The lowest BCUT2D eigenvalue weighted by Gasteiger charge is -2.16. The first-order valence-corrected chi connectivity index (χ1v) is 8.12. The van der Waals surface area contributed by atoms with Gasteiger partial charge in [-0.1, -0.05) is 11.6 Å². The maximum Gasteiger partial charge on any atom is 0.339 e. The molecule has 7 heteroatoms. The van der Waals surface area contributed by atoms with Crippen LogP contribution in [0.4, 0.5) is 5.69 Å². The molecule has 0 aliphatic rings. The fraction of sp³-hybridized carbons (Fsp3) is 0.250. The largest absolute Gasteiger partial charge is 0.495 e. The van der Waals surface area contributed by atoms with E-state index in [4.69, 9.17) is 21.1 Å². The van der Waals surface area contributed by atoms with Gasteiger partial charge in [0.1, 0.15) is 5.75 Å². The molecule has 122 valence electrons. The van der Waals surface area contributed by atoms with E-state index in [0.717, 1.165) is 5.56 Å². The van der Waals surface area contributed by atoms with Crippen molar-refractivity contribution in [2.24, 2.45) is 0 Å². The Morgan fingerprint density at radius 3 is 2.70 bits per heavy atom. The lowest BCUT2D eigenvalue weighted by Crippen LogP contribution is -2.30. The van der Waals surface area contributed by atoms with Gasteiger partial charge in [-0.15, -0.1) is 0 Å². The molecule has 1 aromatic heterocycles. The summed E-state index contributed by atoms with van der Waals surface area (Å²) in [4.78, 5) is 24.1. The number of amides is 1. The van der Waals surface area contributed by atoms with Gasteiger partial charge in [-0.3, -0.25) is 4.79 Å². The Morgan fingerprint density at radius 1 is 1.35 bits per heavy atom. The number of hydrogen-bond acceptors (Lipinski definition) is 5.